The van der Waals surface area contributed by atoms with Crippen LogP contribution in [0.2, 0.25) is 0 Å². The molecule has 1 unspecified atom stereocenters. The van der Waals surface area contributed by atoms with E-state index in [1.165, 1.54) is 25.7 Å². The average molecular weight is 271 g/mol. The van der Waals surface area contributed by atoms with Crippen molar-refractivity contribution in [2.24, 2.45) is 11.8 Å². The van der Waals surface area contributed by atoms with Crippen LogP contribution in [0, 0.1) is 11.8 Å². The first-order valence-electron chi connectivity index (χ1n) is 7.25. The number of rotatable bonds is 8. The minimum absolute atomic E-state index is 0.353. The molecule has 2 rings (SSSR count). The molecular formula is C14H25NO2S. The van der Waals surface area contributed by atoms with Gasteiger partial charge < -0.3 is 10.4 Å². The van der Waals surface area contributed by atoms with E-state index in [1.807, 2.05) is 18.7 Å². The van der Waals surface area contributed by atoms with Gasteiger partial charge in [-0.3, -0.25) is 4.79 Å². The Morgan fingerprint density at radius 1 is 1.33 bits per heavy atom. The minimum Gasteiger partial charge on any atom is -0.480 e. The van der Waals surface area contributed by atoms with Crippen molar-refractivity contribution in [3.63, 3.8) is 0 Å². The molecule has 2 saturated carbocycles. The summed E-state index contributed by atoms with van der Waals surface area (Å²) in [5.41, 5.74) is -0.655. The standard InChI is InChI=1S/C14H25NO2S/c1-2-15-14(13(16)17,12-7-8-12)10-18-9-11-5-3-4-6-11/h11-12,15H,2-10H2,1H3,(H,16,17). The number of hydrogen-bond donors (Lipinski definition) is 2. The summed E-state index contributed by atoms with van der Waals surface area (Å²) >= 11 is 1.85. The molecule has 1 atom stereocenters. The number of aliphatic carboxylic acids is 1. The molecule has 104 valence electrons. The first-order chi connectivity index (χ1) is 8.69. The molecule has 0 aromatic heterocycles. The van der Waals surface area contributed by atoms with Crippen LogP contribution >= 0.6 is 11.8 Å². The van der Waals surface area contributed by atoms with Gasteiger partial charge in [-0.05, 0) is 49.8 Å². The summed E-state index contributed by atoms with van der Waals surface area (Å²) in [6.45, 7) is 2.74. The lowest BCUT2D eigenvalue weighted by Crippen LogP contribution is -2.56. The molecule has 0 aromatic carbocycles. The molecule has 0 radical (unpaired) electrons. The van der Waals surface area contributed by atoms with Gasteiger partial charge in [-0.2, -0.15) is 11.8 Å². The number of thioether (sulfide) groups is 1. The van der Waals surface area contributed by atoms with Crippen LogP contribution in [0.1, 0.15) is 45.4 Å². The fourth-order valence-electron chi connectivity index (χ4n) is 3.08. The maximum absolute atomic E-state index is 11.6. The Bertz CT molecular complexity index is 288. The molecule has 0 spiro atoms. The van der Waals surface area contributed by atoms with E-state index in [-0.39, 0.29) is 0 Å². The predicted molar refractivity (Wildman–Crippen MR) is 76.1 cm³/mol. The van der Waals surface area contributed by atoms with E-state index in [0.29, 0.717) is 5.92 Å². The van der Waals surface area contributed by atoms with Crippen molar-refractivity contribution >= 4 is 17.7 Å². The maximum Gasteiger partial charge on any atom is 0.325 e. The molecule has 4 heteroatoms. The summed E-state index contributed by atoms with van der Waals surface area (Å²) in [6, 6.07) is 0. The van der Waals surface area contributed by atoms with E-state index in [2.05, 4.69) is 5.32 Å². The smallest absolute Gasteiger partial charge is 0.325 e. The van der Waals surface area contributed by atoms with Gasteiger partial charge in [0, 0.05) is 5.75 Å². The van der Waals surface area contributed by atoms with E-state index in [4.69, 9.17) is 0 Å². The Morgan fingerprint density at radius 3 is 2.50 bits per heavy atom. The second-order valence-electron chi connectivity index (χ2n) is 5.75. The van der Waals surface area contributed by atoms with Gasteiger partial charge in [0.05, 0.1) is 0 Å². The highest BCUT2D eigenvalue weighted by Gasteiger charge is 2.50. The molecule has 2 N–H and O–H groups in total. The third kappa shape index (κ3) is 3.21. The van der Waals surface area contributed by atoms with Gasteiger partial charge in [-0.1, -0.05) is 19.8 Å². The first-order valence-corrected chi connectivity index (χ1v) is 8.40. The van der Waals surface area contributed by atoms with Crippen molar-refractivity contribution in [2.75, 3.05) is 18.1 Å². The molecular weight excluding hydrogens is 246 g/mol. The Morgan fingerprint density at radius 2 is 2.00 bits per heavy atom. The molecule has 0 bridgehead atoms. The van der Waals surface area contributed by atoms with Crippen molar-refractivity contribution in [3.8, 4) is 0 Å². The quantitative estimate of drug-likeness (QED) is 0.713. The van der Waals surface area contributed by atoms with Crippen LogP contribution in [-0.4, -0.2) is 34.7 Å². The molecule has 18 heavy (non-hydrogen) atoms. The number of hydrogen-bond acceptors (Lipinski definition) is 3. The highest BCUT2D eigenvalue weighted by atomic mass is 32.2. The fourth-order valence-corrected chi connectivity index (χ4v) is 4.65. The largest absolute Gasteiger partial charge is 0.480 e. The predicted octanol–water partition coefficient (Wildman–Crippen LogP) is 2.75. The van der Waals surface area contributed by atoms with Crippen molar-refractivity contribution < 1.29 is 9.90 Å². The maximum atomic E-state index is 11.6. The molecule has 2 aliphatic rings. The highest BCUT2D eigenvalue weighted by Crippen LogP contribution is 2.42. The Balaban J connectivity index is 1.85. The molecule has 2 aliphatic carbocycles. The third-order valence-corrected chi connectivity index (χ3v) is 5.67. The normalized spacial score (nSPS) is 24.1. The second kappa shape index (κ2) is 6.29. The molecule has 2 fully saturated rings. The van der Waals surface area contributed by atoms with Crippen LogP contribution < -0.4 is 5.32 Å². The zero-order valence-electron chi connectivity index (χ0n) is 11.3. The summed E-state index contributed by atoms with van der Waals surface area (Å²) in [5.74, 6) is 2.42. The van der Waals surface area contributed by atoms with E-state index in [1.54, 1.807) is 0 Å². The van der Waals surface area contributed by atoms with E-state index in [0.717, 1.165) is 36.8 Å². The summed E-state index contributed by atoms with van der Waals surface area (Å²) in [7, 11) is 0. The number of carboxylic acids is 1. The zero-order chi connectivity index (χ0) is 13.0. The van der Waals surface area contributed by atoms with E-state index >= 15 is 0 Å². The first kappa shape index (κ1) is 14.2. The number of carbonyl (C=O) groups is 1. The number of nitrogens with one attached hydrogen (secondary N) is 1. The molecule has 0 amide bonds. The summed E-state index contributed by atoms with van der Waals surface area (Å²) < 4.78 is 0. The van der Waals surface area contributed by atoms with Crippen LogP contribution in [0.25, 0.3) is 0 Å². The lowest BCUT2D eigenvalue weighted by Gasteiger charge is -2.30. The highest BCUT2D eigenvalue weighted by molar-refractivity contribution is 7.99. The topological polar surface area (TPSA) is 49.3 Å². The van der Waals surface area contributed by atoms with Crippen LogP contribution in [-0.2, 0) is 4.79 Å². The van der Waals surface area contributed by atoms with Crippen molar-refractivity contribution in [3.05, 3.63) is 0 Å². The number of likely N-dealkylation sites (N-methyl/N-ethyl adjacent to an activating group) is 1. The van der Waals surface area contributed by atoms with E-state index in [9.17, 15) is 9.90 Å². The molecule has 3 nitrogen and oxygen atoms in total. The van der Waals surface area contributed by atoms with Crippen molar-refractivity contribution in [1.82, 2.24) is 5.32 Å². The monoisotopic (exact) mass is 271 g/mol. The molecule has 0 aliphatic heterocycles. The van der Waals surface area contributed by atoms with Gasteiger partial charge in [0.1, 0.15) is 5.54 Å². The van der Waals surface area contributed by atoms with Gasteiger partial charge in [0.2, 0.25) is 0 Å². The van der Waals surface area contributed by atoms with Gasteiger partial charge in [0.25, 0.3) is 0 Å². The SMILES string of the molecule is CCNC(CSCC1CCCC1)(C(=O)O)C1CC1. The average Bonchev–Trinajstić information content (AvgIpc) is 3.06. The molecule has 0 saturated heterocycles. The summed E-state index contributed by atoms with van der Waals surface area (Å²) in [6.07, 6.45) is 7.57. The van der Waals surface area contributed by atoms with Gasteiger partial charge in [0.15, 0.2) is 0 Å². The van der Waals surface area contributed by atoms with Gasteiger partial charge in [-0.15, -0.1) is 0 Å². The third-order valence-electron chi connectivity index (χ3n) is 4.31. The summed E-state index contributed by atoms with van der Waals surface area (Å²) in [4.78, 5) is 11.6. The van der Waals surface area contributed by atoms with Crippen LogP contribution in [0.4, 0.5) is 0 Å². The minimum atomic E-state index is -0.655. The van der Waals surface area contributed by atoms with Crippen LogP contribution in [0.15, 0.2) is 0 Å². The van der Waals surface area contributed by atoms with Gasteiger partial charge >= 0.3 is 5.97 Å². The molecule has 0 aromatic rings. The Kier molecular flexibility index (Phi) is 4.96. The lowest BCUT2D eigenvalue weighted by atomic mass is 9.96. The van der Waals surface area contributed by atoms with Crippen molar-refractivity contribution in [2.45, 2.75) is 51.0 Å². The molecule has 0 heterocycles. The van der Waals surface area contributed by atoms with Gasteiger partial charge in [-0.25, -0.2) is 0 Å². The van der Waals surface area contributed by atoms with Crippen LogP contribution in [0.3, 0.4) is 0 Å². The Labute approximate surface area is 114 Å². The van der Waals surface area contributed by atoms with Crippen LogP contribution in [0.5, 0.6) is 0 Å². The fraction of sp³-hybridized carbons (Fsp3) is 0.929. The second-order valence-corrected chi connectivity index (χ2v) is 6.78. The number of carboxylic acid groups (broad SMARTS) is 1. The Hall–Kier alpha value is -0.220. The van der Waals surface area contributed by atoms with Crippen molar-refractivity contribution in [1.29, 1.82) is 0 Å². The zero-order valence-corrected chi connectivity index (χ0v) is 12.1. The lowest BCUT2D eigenvalue weighted by molar-refractivity contribution is -0.144. The van der Waals surface area contributed by atoms with E-state index < -0.39 is 11.5 Å². The summed E-state index contributed by atoms with van der Waals surface area (Å²) in [5, 5.41) is 12.8.